The third kappa shape index (κ3) is 10.1. The quantitative estimate of drug-likeness (QED) is 0.125. The first-order valence-corrected chi connectivity index (χ1v) is 18.8. The molecule has 6 rings (SSSR count). The zero-order chi connectivity index (χ0) is 40.2. The summed E-state index contributed by atoms with van der Waals surface area (Å²) in [4.78, 5) is 25.2. The number of alkyl halides is 1. The number of carbonyl (C=O) groups excluding carboxylic acids is 2. The molecule has 2 unspecified atom stereocenters. The molecule has 2 amide bonds. The topological polar surface area (TPSA) is 154 Å². The number of nitrogen functional groups attached to an aromatic ring is 2. The molecule has 4 aromatic rings. The normalized spacial score (nSPS) is 16.7. The van der Waals surface area contributed by atoms with Crippen molar-refractivity contribution in [2.24, 2.45) is 22.0 Å². The van der Waals surface area contributed by atoms with E-state index in [1.807, 2.05) is 74.5 Å². The van der Waals surface area contributed by atoms with E-state index in [1.54, 1.807) is 36.4 Å². The van der Waals surface area contributed by atoms with Crippen LogP contribution in [0.25, 0.3) is 0 Å². The first-order valence-electron chi connectivity index (χ1n) is 18.8. The van der Waals surface area contributed by atoms with Gasteiger partial charge in [0.15, 0.2) is 23.0 Å². The molecule has 13 heteroatoms. The number of methoxy groups -OCH3 is 2. The summed E-state index contributed by atoms with van der Waals surface area (Å²) in [7, 11) is 3.12. The van der Waals surface area contributed by atoms with E-state index >= 15 is 0 Å². The number of benzene rings is 4. The molecule has 2 atom stereocenters. The van der Waals surface area contributed by atoms with Gasteiger partial charge in [0.05, 0.1) is 45.3 Å². The monoisotopic (exact) mass is 766 g/mol. The Bertz CT molecular complexity index is 2020. The van der Waals surface area contributed by atoms with Gasteiger partial charge in [-0.2, -0.15) is 10.2 Å². The number of halogens is 1. The molecule has 4 aromatic carbocycles. The van der Waals surface area contributed by atoms with Crippen molar-refractivity contribution in [2.75, 3.05) is 39.2 Å². The Balaban J connectivity index is 0.000000214. The lowest BCUT2D eigenvalue weighted by molar-refractivity contribution is -0.134. The average Bonchev–Trinajstić information content (AvgIpc) is 3.21. The molecule has 4 N–H and O–H groups in total. The van der Waals surface area contributed by atoms with Crippen LogP contribution >= 0.6 is 0 Å². The Kier molecular flexibility index (Phi) is 14.3. The van der Waals surface area contributed by atoms with E-state index in [-0.39, 0.29) is 23.7 Å². The largest absolute Gasteiger partial charge is 0.493 e. The van der Waals surface area contributed by atoms with Crippen molar-refractivity contribution in [1.82, 2.24) is 10.0 Å². The summed E-state index contributed by atoms with van der Waals surface area (Å²) in [5.41, 5.74) is 18.2. The van der Waals surface area contributed by atoms with Gasteiger partial charge in [0.2, 0.25) is 18.7 Å². The van der Waals surface area contributed by atoms with Crippen LogP contribution in [-0.4, -0.2) is 60.9 Å². The molecule has 2 aliphatic heterocycles. The van der Waals surface area contributed by atoms with Crippen molar-refractivity contribution in [3.8, 4) is 23.0 Å². The zero-order valence-corrected chi connectivity index (χ0v) is 32.7. The Morgan fingerprint density at radius 2 is 1.07 bits per heavy atom. The molecule has 0 fully saturated rings. The molecule has 0 bridgehead atoms. The third-order valence-corrected chi connectivity index (χ3v) is 9.69. The molecule has 296 valence electrons. The standard InChI is InChI=1S/C22H27N3O3.C21H24FN3O3/c1-4-16-13-21(26)25(14-15-6-9-18(23)10-7-15)24-22(16)17-8-11-19(28-5-2)20(12-17)27-3;1-3-15-11-20(26)25(12-14-4-7-17(23)8-5-14)24-21(15)16-6-9-18(27-2)19(10-16)28-13-22/h6-12,16H,4-5,13-14,23H2,1-3H3;4-10,15H,3,11-13,23H2,1-2H3. The highest BCUT2D eigenvalue weighted by Gasteiger charge is 2.31. The number of anilines is 2. The van der Waals surface area contributed by atoms with Gasteiger partial charge >= 0.3 is 0 Å². The first-order chi connectivity index (χ1) is 27.1. The van der Waals surface area contributed by atoms with Crippen LogP contribution in [-0.2, 0) is 22.7 Å². The molecule has 2 heterocycles. The van der Waals surface area contributed by atoms with Crippen LogP contribution in [0.2, 0.25) is 0 Å². The summed E-state index contributed by atoms with van der Waals surface area (Å²) in [6.07, 6.45) is 2.43. The maximum Gasteiger partial charge on any atom is 0.243 e. The number of hydrogen-bond donors (Lipinski definition) is 2. The summed E-state index contributed by atoms with van der Waals surface area (Å²) < 4.78 is 34.1. The molecular weight excluding hydrogens is 716 g/mol. The molecular formula is C43H51FN6O6. The van der Waals surface area contributed by atoms with E-state index in [9.17, 15) is 14.0 Å². The molecule has 56 heavy (non-hydrogen) atoms. The Morgan fingerprint density at radius 1 is 0.625 bits per heavy atom. The van der Waals surface area contributed by atoms with E-state index in [4.69, 9.17) is 35.5 Å². The molecule has 0 aromatic heterocycles. The molecule has 2 aliphatic rings. The number of carbonyl (C=O) groups is 2. The Hall–Kier alpha value is -6.11. The van der Waals surface area contributed by atoms with E-state index in [0.29, 0.717) is 66.9 Å². The minimum atomic E-state index is -0.953. The summed E-state index contributed by atoms with van der Waals surface area (Å²) >= 11 is 0. The van der Waals surface area contributed by atoms with Crippen LogP contribution in [0.4, 0.5) is 15.8 Å². The van der Waals surface area contributed by atoms with Crippen LogP contribution in [0.1, 0.15) is 68.7 Å². The molecule has 0 aliphatic carbocycles. The minimum Gasteiger partial charge on any atom is -0.493 e. The average molecular weight is 767 g/mol. The number of amides is 2. The predicted octanol–water partition coefficient (Wildman–Crippen LogP) is 7.58. The maximum absolute atomic E-state index is 12.7. The minimum absolute atomic E-state index is 0.0122. The van der Waals surface area contributed by atoms with Crippen LogP contribution < -0.4 is 30.4 Å². The highest BCUT2D eigenvalue weighted by molar-refractivity contribution is 6.07. The van der Waals surface area contributed by atoms with Gasteiger partial charge in [-0.05, 0) is 91.6 Å². The second kappa shape index (κ2) is 19.5. The second-order valence-electron chi connectivity index (χ2n) is 13.4. The van der Waals surface area contributed by atoms with E-state index in [1.165, 1.54) is 12.1 Å². The lowest BCUT2D eigenvalue weighted by Gasteiger charge is -2.29. The second-order valence-corrected chi connectivity index (χ2v) is 13.4. The van der Waals surface area contributed by atoms with E-state index in [2.05, 4.69) is 12.0 Å². The van der Waals surface area contributed by atoms with Gasteiger partial charge in [0, 0.05) is 47.2 Å². The summed E-state index contributed by atoms with van der Waals surface area (Å²) in [5, 5.41) is 12.4. The molecule has 12 nitrogen and oxygen atoms in total. The van der Waals surface area contributed by atoms with Crippen molar-refractivity contribution >= 4 is 34.6 Å². The van der Waals surface area contributed by atoms with Crippen molar-refractivity contribution in [1.29, 1.82) is 0 Å². The molecule has 0 spiro atoms. The number of nitrogens with zero attached hydrogens (tertiary/aromatic N) is 4. The van der Waals surface area contributed by atoms with Gasteiger partial charge in [-0.15, -0.1) is 0 Å². The summed E-state index contributed by atoms with van der Waals surface area (Å²) in [5.74, 6) is 2.20. The van der Waals surface area contributed by atoms with Gasteiger partial charge < -0.3 is 30.4 Å². The fourth-order valence-corrected chi connectivity index (χ4v) is 6.57. The fourth-order valence-electron chi connectivity index (χ4n) is 6.57. The van der Waals surface area contributed by atoms with E-state index in [0.717, 1.165) is 46.5 Å². The van der Waals surface area contributed by atoms with Gasteiger partial charge in [0.1, 0.15) is 0 Å². The number of hydrogen-bond acceptors (Lipinski definition) is 10. The SMILES string of the molecule is CCC1CC(=O)N(Cc2ccc(N)cc2)N=C1c1ccc(OC)c(OCF)c1.CCOc1ccc(C2=NN(Cc3ccc(N)cc3)C(=O)CC2CC)cc1OC. The molecule has 0 saturated heterocycles. The fraction of sp³-hybridized carbons (Fsp3) is 0.349. The Labute approximate surface area is 327 Å². The number of rotatable bonds is 14. The van der Waals surface area contributed by atoms with Crippen molar-refractivity contribution in [3.63, 3.8) is 0 Å². The van der Waals surface area contributed by atoms with Crippen LogP contribution in [0, 0.1) is 11.8 Å². The lowest BCUT2D eigenvalue weighted by atomic mass is 9.89. The predicted molar refractivity (Wildman–Crippen MR) is 216 cm³/mol. The summed E-state index contributed by atoms with van der Waals surface area (Å²) in [6.45, 7) is 6.44. The van der Waals surface area contributed by atoms with Crippen LogP contribution in [0.15, 0.2) is 95.1 Å². The van der Waals surface area contributed by atoms with Crippen LogP contribution in [0.3, 0.4) is 0 Å². The first kappa shape index (κ1) is 41.1. The van der Waals surface area contributed by atoms with Gasteiger partial charge in [-0.1, -0.05) is 38.1 Å². The number of hydrazone groups is 2. The number of nitrogens with two attached hydrogens (primary N) is 2. The van der Waals surface area contributed by atoms with E-state index < -0.39 is 6.86 Å². The highest BCUT2D eigenvalue weighted by Crippen LogP contribution is 2.34. The smallest absolute Gasteiger partial charge is 0.243 e. The summed E-state index contributed by atoms with van der Waals surface area (Å²) in [6, 6.07) is 25.9. The van der Waals surface area contributed by atoms with Gasteiger partial charge in [-0.3, -0.25) is 9.59 Å². The number of ether oxygens (including phenoxy) is 4. The highest BCUT2D eigenvalue weighted by atomic mass is 19.1. The third-order valence-electron chi connectivity index (χ3n) is 9.69. The lowest BCUT2D eigenvalue weighted by Crippen LogP contribution is -2.36. The zero-order valence-electron chi connectivity index (χ0n) is 32.7. The Morgan fingerprint density at radius 3 is 1.48 bits per heavy atom. The maximum atomic E-state index is 12.7. The van der Waals surface area contributed by atoms with Gasteiger partial charge in [0.25, 0.3) is 0 Å². The van der Waals surface area contributed by atoms with Crippen molar-refractivity contribution in [2.45, 2.75) is 59.5 Å². The van der Waals surface area contributed by atoms with Gasteiger partial charge in [-0.25, -0.2) is 14.4 Å². The van der Waals surface area contributed by atoms with Crippen molar-refractivity contribution in [3.05, 3.63) is 107 Å². The van der Waals surface area contributed by atoms with Crippen LogP contribution in [0.5, 0.6) is 23.0 Å². The molecule has 0 radical (unpaired) electrons. The van der Waals surface area contributed by atoms with Crippen molar-refractivity contribution < 1.29 is 32.9 Å². The molecule has 0 saturated carbocycles.